The molecule has 114 valence electrons. The minimum atomic E-state index is -0.0196. The molecule has 0 bridgehead atoms. The Hall–Kier alpha value is -1.55. The van der Waals surface area contributed by atoms with Crippen LogP contribution >= 0.6 is 0 Å². The van der Waals surface area contributed by atoms with Gasteiger partial charge in [-0.2, -0.15) is 0 Å². The smallest absolute Gasteiger partial charge is 0.251 e. The number of hydrogen-bond donors (Lipinski definition) is 2. The predicted molar refractivity (Wildman–Crippen MR) is 85.8 cm³/mol. The first-order chi connectivity index (χ1) is 10.2. The van der Waals surface area contributed by atoms with Crippen molar-refractivity contribution in [1.82, 2.24) is 10.6 Å². The summed E-state index contributed by atoms with van der Waals surface area (Å²) in [5.74, 6) is -0.0196. The van der Waals surface area contributed by atoms with Gasteiger partial charge in [0.05, 0.1) is 0 Å². The molecule has 2 aliphatic rings. The summed E-state index contributed by atoms with van der Waals surface area (Å²) in [7, 11) is 1.67. The van der Waals surface area contributed by atoms with Gasteiger partial charge < -0.3 is 15.5 Å². The van der Waals surface area contributed by atoms with E-state index in [0.29, 0.717) is 5.41 Å². The number of benzene rings is 1. The Morgan fingerprint density at radius 3 is 2.29 bits per heavy atom. The molecule has 1 aromatic rings. The largest absolute Gasteiger partial charge is 0.371 e. The van der Waals surface area contributed by atoms with Gasteiger partial charge in [0.15, 0.2) is 0 Å². The third kappa shape index (κ3) is 3.05. The van der Waals surface area contributed by atoms with Crippen molar-refractivity contribution in [2.45, 2.75) is 25.7 Å². The van der Waals surface area contributed by atoms with Gasteiger partial charge in [-0.15, -0.1) is 0 Å². The van der Waals surface area contributed by atoms with Crippen LogP contribution in [-0.2, 0) is 0 Å². The second-order valence-electron chi connectivity index (χ2n) is 6.36. The van der Waals surface area contributed by atoms with Gasteiger partial charge in [-0.25, -0.2) is 0 Å². The van der Waals surface area contributed by atoms with Crippen LogP contribution in [0.1, 0.15) is 36.0 Å². The van der Waals surface area contributed by atoms with E-state index in [1.807, 2.05) is 12.1 Å². The third-order valence-corrected chi connectivity index (χ3v) is 5.21. The first-order valence-corrected chi connectivity index (χ1v) is 8.00. The van der Waals surface area contributed by atoms with Crippen molar-refractivity contribution in [3.8, 4) is 0 Å². The Labute approximate surface area is 126 Å². The molecule has 0 aromatic heterocycles. The monoisotopic (exact) mass is 287 g/mol. The first kappa shape index (κ1) is 14.4. The maximum Gasteiger partial charge on any atom is 0.251 e. The van der Waals surface area contributed by atoms with Crippen molar-refractivity contribution in [2.24, 2.45) is 5.41 Å². The molecule has 2 saturated heterocycles. The Bertz CT molecular complexity index is 481. The van der Waals surface area contributed by atoms with E-state index in [1.165, 1.54) is 44.5 Å². The van der Waals surface area contributed by atoms with Gasteiger partial charge in [0, 0.05) is 31.4 Å². The van der Waals surface area contributed by atoms with Crippen LogP contribution in [-0.4, -0.2) is 39.1 Å². The molecule has 1 aromatic carbocycles. The van der Waals surface area contributed by atoms with Gasteiger partial charge in [-0.05, 0) is 68.5 Å². The summed E-state index contributed by atoms with van der Waals surface area (Å²) in [4.78, 5) is 14.0. The molecule has 0 radical (unpaired) electrons. The highest BCUT2D eigenvalue weighted by atomic mass is 16.1. The number of piperidine rings is 2. The predicted octanol–water partition coefficient (Wildman–Crippen LogP) is 2.02. The summed E-state index contributed by atoms with van der Waals surface area (Å²) in [5, 5.41) is 6.13. The molecule has 2 aliphatic heterocycles. The fraction of sp³-hybridized carbons (Fsp3) is 0.588. The van der Waals surface area contributed by atoms with E-state index in [0.717, 1.165) is 18.7 Å². The lowest BCUT2D eigenvalue weighted by atomic mass is 9.71. The molecule has 1 amide bonds. The van der Waals surface area contributed by atoms with Crippen LogP contribution in [0.25, 0.3) is 0 Å². The lowest BCUT2D eigenvalue weighted by Crippen LogP contribution is -2.45. The van der Waals surface area contributed by atoms with Gasteiger partial charge in [0.25, 0.3) is 5.91 Å². The van der Waals surface area contributed by atoms with E-state index < -0.39 is 0 Å². The van der Waals surface area contributed by atoms with E-state index in [-0.39, 0.29) is 5.91 Å². The number of nitrogens with zero attached hydrogens (tertiary/aromatic N) is 1. The molecule has 0 aliphatic carbocycles. The molecule has 2 N–H and O–H groups in total. The number of rotatable bonds is 2. The number of carbonyl (C=O) groups excluding carboxylic acids is 1. The van der Waals surface area contributed by atoms with Gasteiger partial charge >= 0.3 is 0 Å². The summed E-state index contributed by atoms with van der Waals surface area (Å²) in [6.45, 7) is 4.64. The van der Waals surface area contributed by atoms with Crippen molar-refractivity contribution in [1.29, 1.82) is 0 Å². The van der Waals surface area contributed by atoms with Gasteiger partial charge in [0.2, 0.25) is 0 Å². The fourth-order valence-corrected chi connectivity index (χ4v) is 3.66. The SMILES string of the molecule is CNC(=O)c1ccc(N2CCC3(CCNCC3)CC2)cc1. The summed E-state index contributed by atoms with van der Waals surface area (Å²) >= 11 is 0. The van der Waals surface area contributed by atoms with E-state index in [2.05, 4.69) is 27.7 Å². The minimum Gasteiger partial charge on any atom is -0.371 e. The summed E-state index contributed by atoms with van der Waals surface area (Å²) in [6, 6.07) is 7.99. The Kier molecular flexibility index (Phi) is 4.15. The summed E-state index contributed by atoms with van der Waals surface area (Å²) in [6.07, 6.45) is 5.25. The number of anilines is 1. The maximum absolute atomic E-state index is 11.6. The summed E-state index contributed by atoms with van der Waals surface area (Å²) < 4.78 is 0. The van der Waals surface area contributed by atoms with Crippen LogP contribution in [0, 0.1) is 5.41 Å². The maximum atomic E-state index is 11.6. The average molecular weight is 287 g/mol. The normalized spacial score (nSPS) is 21.3. The molecular weight excluding hydrogens is 262 g/mol. The van der Waals surface area contributed by atoms with E-state index in [4.69, 9.17) is 0 Å². The lowest BCUT2D eigenvalue weighted by molar-refractivity contribution is 0.0963. The van der Waals surface area contributed by atoms with Gasteiger partial charge in [-0.3, -0.25) is 4.79 Å². The standard InChI is InChI=1S/C17H25N3O/c1-18-16(21)14-2-4-15(5-3-14)20-12-8-17(9-13-20)6-10-19-11-7-17/h2-5,19H,6-13H2,1H3,(H,18,21). The van der Waals surface area contributed by atoms with E-state index in [9.17, 15) is 4.79 Å². The molecule has 2 fully saturated rings. The molecule has 21 heavy (non-hydrogen) atoms. The van der Waals surface area contributed by atoms with Crippen LogP contribution in [0.2, 0.25) is 0 Å². The Morgan fingerprint density at radius 1 is 1.10 bits per heavy atom. The second-order valence-corrected chi connectivity index (χ2v) is 6.36. The molecule has 1 spiro atoms. The zero-order valence-corrected chi connectivity index (χ0v) is 12.8. The van der Waals surface area contributed by atoms with Gasteiger partial charge in [0.1, 0.15) is 0 Å². The van der Waals surface area contributed by atoms with Crippen molar-refractivity contribution in [2.75, 3.05) is 38.1 Å². The highest BCUT2D eigenvalue weighted by Crippen LogP contribution is 2.40. The molecule has 0 saturated carbocycles. The molecule has 0 atom stereocenters. The van der Waals surface area contributed by atoms with Gasteiger partial charge in [-0.1, -0.05) is 0 Å². The van der Waals surface area contributed by atoms with Crippen LogP contribution in [0.5, 0.6) is 0 Å². The Balaban J connectivity index is 1.62. The molecule has 2 heterocycles. The van der Waals surface area contributed by atoms with Crippen molar-refractivity contribution in [3.63, 3.8) is 0 Å². The number of nitrogens with one attached hydrogen (secondary N) is 2. The minimum absolute atomic E-state index is 0.0196. The van der Waals surface area contributed by atoms with Crippen molar-refractivity contribution < 1.29 is 4.79 Å². The third-order valence-electron chi connectivity index (χ3n) is 5.21. The van der Waals surface area contributed by atoms with Crippen molar-refractivity contribution >= 4 is 11.6 Å². The van der Waals surface area contributed by atoms with E-state index in [1.54, 1.807) is 7.05 Å². The molecule has 4 heteroatoms. The number of hydrogen-bond acceptors (Lipinski definition) is 3. The van der Waals surface area contributed by atoms with E-state index >= 15 is 0 Å². The zero-order chi connectivity index (χ0) is 14.7. The molecule has 3 rings (SSSR count). The first-order valence-electron chi connectivity index (χ1n) is 8.00. The highest BCUT2D eigenvalue weighted by Gasteiger charge is 2.35. The molecule has 0 unspecified atom stereocenters. The highest BCUT2D eigenvalue weighted by molar-refractivity contribution is 5.94. The van der Waals surface area contributed by atoms with Crippen LogP contribution in [0.3, 0.4) is 0 Å². The Morgan fingerprint density at radius 2 is 1.71 bits per heavy atom. The topological polar surface area (TPSA) is 44.4 Å². The number of carbonyl (C=O) groups is 1. The molecule has 4 nitrogen and oxygen atoms in total. The number of amides is 1. The second kappa shape index (κ2) is 6.06. The zero-order valence-electron chi connectivity index (χ0n) is 12.8. The van der Waals surface area contributed by atoms with Crippen LogP contribution in [0.15, 0.2) is 24.3 Å². The van der Waals surface area contributed by atoms with Crippen LogP contribution < -0.4 is 15.5 Å². The fourth-order valence-electron chi connectivity index (χ4n) is 3.66. The average Bonchev–Trinajstić information content (AvgIpc) is 2.56. The summed E-state index contributed by atoms with van der Waals surface area (Å²) in [5.41, 5.74) is 2.56. The van der Waals surface area contributed by atoms with Crippen LogP contribution in [0.4, 0.5) is 5.69 Å². The van der Waals surface area contributed by atoms with Crippen molar-refractivity contribution in [3.05, 3.63) is 29.8 Å². The molecular formula is C17H25N3O. The quantitative estimate of drug-likeness (QED) is 0.874. The lowest BCUT2D eigenvalue weighted by Gasteiger charge is -2.45.